The highest BCUT2D eigenvalue weighted by atomic mass is 35.5. The molecule has 0 amide bonds. The number of halogens is 1. The highest BCUT2D eigenvalue weighted by molar-refractivity contribution is 7.94. The van der Waals surface area contributed by atoms with E-state index in [4.69, 9.17) is 11.6 Å². The van der Waals surface area contributed by atoms with Crippen molar-refractivity contribution < 1.29 is 47.9 Å². The second-order valence-corrected chi connectivity index (χ2v) is 17.7. The van der Waals surface area contributed by atoms with Crippen LogP contribution < -0.4 is 10.2 Å². The first-order valence-electron chi connectivity index (χ1n) is 14.8. The van der Waals surface area contributed by atoms with Gasteiger partial charge >= 0.3 is 0 Å². The van der Waals surface area contributed by atoms with Crippen molar-refractivity contribution in [3.63, 3.8) is 0 Å². The molecule has 0 fully saturated rings. The number of aromatic hydroxyl groups is 1. The number of nitrogens with one attached hydrogen (secondary N) is 1. The maximum absolute atomic E-state index is 12.5. The van der Waals surface area contributed by atoms with Gasteiger partial charge in [0.15, 0.2) is 25.4 Å². The molecule has 4 N–H and O–H groups in total. The van der Waals surface area contributed by atoms with Crippen LogP contribution in [0.2, 0.25) is 5.28 Å². The van der Waals surface area contributed by atoms with Gasteiger partial charge in [-0.1, -0.05) is 19.2 Å². The molecule has 0 spiro atoms. The Labute approximate surface area is 313 Å². The van der Waals surface area contributed by atoms with Gasteiger partial charge in [0, 0.05) is 28.4 Å². The zero-order valence-corrected chi connectivity index (χ0v) is 31.5. The van der Waals surface area contributed by atoms with Crippen LogP contribution >= 0.6 is 11.6 Å². The number of azo groups is 1. The highest BCUT2D eigenvalue weighted by Gasteiger charge is 2.28. The summed E-state index contributed by atoms with van der Waals surface area (Å²) in [6.07, 6.45) is 0. The van der Waals surface area contributed by atoms with Gasteiger partial charge in [0.05, 0.1) is 26.6 Å². The van der Waals surface area contributed by atoms with Crippen LogP contribution in [0.1, 0.15) is 6.92 Å². The number of rotatable bonds is 13. The lowest BCUT2D eigenvalue weighted by atomic mass is 10.1. The molecule has 5 aromatic rings. The molecule has 0 saturated heterocycles. The summed E-state index contributed by atoms with van der Waals surface area (Å²) >= 11 is 6.24. The Morgan fingerprint density at radius 3 is 2.02 bits per heavy atom. The minimum Gasteiger partial charge on any atom is -0.505 e. The molecule has 18 nitrogen and oxygen atoms in total. The van der Waals surface area contributed by atoms with Crippen molar-refractivity contribution >= 4 is 96.9 Å². The Kier molecular flexibility index (Phi) is 10.9. The third-order valence-corrected chi connectivity index (χ3v) is 12.1. The molecule has 54 heavy (non-hydrogen) atoms. The third kappa shape index (κ3) is 8.23. The molecule has 0 saturated carbocycles. The predicted molar refractivity (Wildman–Crippen MR) is 198 cm³/mol. The van der Waals surface area contributed by atoms with E-state index >= 15 is 0 Å². The van der Waals surface area contributed by atoms with E-state index < -0.39 is 71.9 Å². The Morgan fingerprint density at radius 2 is 1.43 bits per heavy atom. The summed E-state index contributed by atoms with van der Waals surface area (Å²) in [6, 6.07) is 13.0. The summed E-state index contributed by atoms with van der Waals surface area (Å²) < 4.78 is 119. The Balaban J connectivity index is 1.69. The summed E-state index contributed by atoms with van der Waals surface area (Å²) in [7, 11) is -18.0. The van der Waals surface area contributed by atoms with Crippen LogP contribution in [0.5, 0.6) is 5.75 Å². The molecule has 1 aromatic heterocycles. The number of hydrogen-bond acceptors (Lipinski definition) is 16. The minimum atomic E-state index is -5.28. The Bertz CT molecular complexity index is 2840. The van der Waals surface area contributed by atoms with Crippen LogP contribution in [-0.4, -0.2) is 69.4 Å². The quantitative estimate of drug-likeness (QED) is 0.0778. The molecule has 0 radical (unpaired) electrons. The van der Waals surface area contributed by atoms with E-state index in [-0.39, 0.29) is 44.9 Å². The number of sulfone groups is 2. The van der Waals surface area contributed by atoms with Crippen molar-refractivity contribution in [1.82, 2.24) is 15.0 Å². The van der Waals surface area contributed by atoms with Crippen LogP contribution in [0.4, 0.5) is 34.6 Å². The van der Waals surface area contributed by atoms with Gasteiger partial charge in [-0.3, -0.25) is 9.11 Å². The molecule has 0 aliphatic rings. The van der Waals surface area contributed by atoms with E-state index in [1.807, 2.05) is 0 Å². The smallest absolute Gasteiger partial charge is 0.296 e. The predicted octanol–water partition coefficient (Wildman–Crippen LogP) is 6.03. The lowest BCUT2D eigenvalue weighted by molar-refractivity contribution is 0.471. The zero-order valence-electron chi connectivity index (χ0n) is 27.4. The fourth-order valence-corrected chi connectivity index (χ4v) is 7.90. The second kappa shape index (κ2) is 14.8. The topological polar surface area (TPSA) is 276 Å². The molecule has 1 heterocycles. The van der Waals surface area contributed by atoms with Gasteiger partial charge in [-0.25, -0.2) is 16.8 Å². The van der Waals surface area contributed by atoms with E-state index in [1.54, 1.807) is 13.0 Å². The summed E-state index contributed by atoms with van der Waals surface area (Å²) in [5.41, 5.74) is -0.796. The number of hydrogen-bond donors (Lipinski definition) is 4. The molecule has 0 bridgehead atoms. The lowest BCUT2D eigenvalue weighted by Gasteiger charge is -2.22. The first-order chi connectivity index (χ1) is 25.2. The van der Waals surface area contributed by atoms with Gasteiger partial charge in [-0.15, -0.1) is 5.11 Å². The fraction of sp³-hybridized carbons (Fsp3) is 0.0645. The molecule has 23 heteroatoms. The number of phenolic OH excluding ortho intramolecular Hbond substituents is 1. The number of anilines is 4. The van der Waals surface area contributed by atoms with Crippen LogP contribution in [0, 0.1) is 0 Å². The first-order valence-corrected chi connectivity index (χ1v) is 21.2. The van der Waals surface area contributed by atoms with Gasteiger partial charge < -0.3 is 15.3 Å². The molecule has 0 atom stereocenters. The first kappa shape index (κ1) is 39.8. The third-order valence-electron chi connectivity index (χ3n) is 7.46. The number of aromatic nitrogens is 3. The Morgan fingerprint density at radius 1 is 0.796 bits per heavy atom. The van der Waals surface area contributed by atoms with Crippen molar-refractivity contribution in [2.75, 3.05) is 16.8 Å². The SMILES string of the molecule is C=CS(=O)(=O)c1ccc(N=Nc2c(S(=O)(=O)O)cc3c(S(=O)(=O)O)ccc(Nc4nc(Cl)nc(N(CC)c5cccc(S(=O)(=O)C=C)c5)n4)c3c2O)cc1. The normalized spacial score (nSPS) is 12.5. The molecule has 0 aliphatic heterocycles. The van der Waals surface area contributed by atoms with Crippen LogP contribution in [0.15, 0.2) is 121 Å². The summed E-state index contributed by atoms with van der Waals surface area (Å²) in [5.74, 6) is -1.46. The highest BCUT2D eigenvalue weighted by Crippen LogP contribution is 2.46. The molecule has 4 aromatic carbocycles. The number of phenols is 1. The van der Waals surface area contributed by atoms with E-state index in [1.165, 1.54) is 35.2 Å². The van der Waals surface area contributed by atoms with E-state index in [0.717, 1.165) is 35.1 Å². The summed E-state index contributed by atoms with van der Waals surface area (Å²) in [6.45, 7) is 8.46. The van der Waals surface area contributed by atoms with Crippen LogP contribution in [0.3, 0.4) is 0 Å². The van der Waals surface area contributed by atoms with Crippen molar-refractivity contribution in [2.45, 2.75) is 26.5 Å². The van der Waals surface area contributed by atoms with Crippen LogP contribution in [-0.2, 0) is 39.9 Å². The average Bonchev–Trinajstić information content (AvgIpc) is 3.10. The maximum Gasteiger partial charge on any atom is 0.296 e. The van der Waals surface area contributed by atoms with Crippen molar-refractivity contribution in [3.8, 4) is 5.75 Å². The molecule has 0 unspecified atom stereocenters. The van der Waals surface area contributed by atoms with Gasteiger partial charge in [-0.05, 0) is 79.2 Å². The van der Waals surface area contributed by atoms with Gasteiger partial charge in [0.25, 0.3) is 20.2 Å². The monoisotopic (exact) mass is 835 g/mol. The number of fused-ring (bicyclic) bond motifs is 1. The van der Waals surface area contributed by atoms with Crippen LogP contribution in [0.25, 0.3) is 10.8 Å². The minimum absolute atomic E-state index is 0.0377. The number of benzene rings is 4. The zero-order chi connectivity index (χ0) is 39.8. The van der Waals surface area contributed by atoms with Gasteiger partial charge in [0.1, 0.15) is 15.5 Å². The molecule has 282 valence electrons. The fourth-order valence-electron chi connectivity index (χ4n) is 4.96. The van der Waals surface area contributed by atoms with Crippen molar-refractivity contribution in [2.24, 2.45) is 10.2 Å². The van der Waals surface area contributed by atoms with E-state index in [2.05, 4.69) is 43.7 Å². The summed E-state index contributed by atoms with van der Waals surface area (Å²) in [4.78, 5) is 11.8. The maximum atomic E-state index is 12.5. The average molecular weight is 836 g/mol. The largest absolute Gasteiger partial charge is 0.505 e. The molecule has 5 rings (SSSR count). The molecule has 0 aliphatic carbocycles. The summed E-state index contributed by atoms with van der Waals surface area (Å²) in [5, 5.41) is 21.9. The second-order valence-electron chi connectivity index (χ2n) is 10.8. The molecular weight excluding hydrogens is 810 g/mol. The molecular formula is C31H26ClN7O11S4. The van der Waals surface area contributed by atoms with E-state index in [0.29, 0.717) is 11.8 Å². The van der Waals surface area contributed by atoms with E-state index in [9.17, 15) is 47.9 Å². The Hall–Kier alpha value is -5.36. The van der Waals surface area contributed by atoms with Gasteiger partial charge in [0.2, 0.25) is 17.2 Å². The van der Waals surface area contributed by atoms with Crippen molar-refractivity contribution in [3.05, 3.63) is 96.0 Å². The van der Waals surface area contributed by atoms with Gasteiger partial charge in [-0.2, -0.15) is 36.9 Å². The number of nitrogens with zero attached hydrogens (tertiary/aromatic N) is 6. The van der Waals surface area contributed by atoms with Crippen molar-refractivity contribution in [1.29, 1.82) is 0 Å². The standard InChI is InChI=1S/C31H26ClN7O11S4/c1-4-39(19-8-7-9-21(16-19)52(43,44)6-3)31-35-29(32)34-30(36-31)33-23-14-15-24(53(45,46)47)22-17-25(54(48,49)50)27(28(40)26(22)23)38-37-18-10-12-20(13-11-18)51(41,42)5-2/h5-17,40H,2-4H2,1H3,(H,45,46,47)(H,48,49,50)(H,33,34,35,36). The lowest BCUT2D eigenvalue weighted by Crippen LogP contribution is -2.20.